The SMILES string of the molecule is CCCNC(CCC)Cc1nc(N(C)CC)no1. The average molecular weight is 254 g/mol. The Morgan fingerprint density at radius 2 is 2.06 bits per heavy atom. The van der Waals surface area contributed by atoms with E-state index in [1.807, 2.05) is 11.9 Å². The van der Waals surface area contributed by atoms with E-state index < -0.39 is 0 Å². The summed E-state index contributed by atoms with van der Waals surface area (Å²) in [4.78, 5) is 6.39. The summed E-state index contributed by atoms with van der Waals surface area (Å²) in [6.45, 7) is 8.37. The molecule has 0 amide bonds. The zero-order valence-electron chi connectivity index (χ0n) is 12.1. The molecule has 1 heterocycles. The third-order valence-corrected chi connectivity index (χ3v) is 3.01. The predicted octanol–water partition coefficient (Wildman–Crippen LogP) is 2.24. The maximum Gasteiger partial charge on any atom is 0.265 e. The van der Waals surface area contributed by atoms with E-state index in [0.717, 1.165) is 44.7 Å². The first-order valence-electron chi connectivity index (χ1n) is 6.98. The highest BCUT2D eigenvalue weighted by atomic mass is 16.5. The molecule has 1 aromatic heterocycles. The Morgan fingerprint density at radius 1 is 1.28 bits per heavy atom. The van der Waals surface area contributed by atoms with Crippen molar-refractivity contribution in [3.63, 3.8) is 0 Å². The van der Waals surface area contributed by atoms with Crippen LogP contribution in [0.2, 0.25) is 0 Å². The van der Waals surface area contributed by atoms with Crippen molar-refractivity contribution in [1.29, 1.82) is 0 Å². The minimum absolute atomic E-state index is 0.440. The highest BCUT2D eigenvalue weighted by Crippen LogP contribution is 2.10. The summed E-state index contributed by atoms with van der Waals surface area (Å²) in [5.41, 5.74) is 0. The van der Waals surface area contributed by atoms with E-state index in [2.05, 4.69) is 36.2 Å². The van der Waals surface area contributed by atoms with Crippen molar-refractivity contribution < 1.29 is 4.52 Å². The number of aromatic nitrogens is 2. The molecule has 0 saturated heterocycles. The molecule has 0 aromatic carbocycles. The molecule has 0 spiro atoms. The topological polar surface area (TPSA) is 54.2 Å². The number of hydrogen-bond acceptors (Lipinski definition) is 5. The Balaban J connectivity index is 2.54. The maximum atomic E-state index is 5.30. The zero-order valence-corrected chi connectivity index (χ0v) is 12.1. The number of anilines is 1. The molecule has 1 aromatic rings. The van der Waals surface area contributed by atoms with Crippen LogP contribution in [0.3, 0.4) is 0 Å². The molecule has 18 heavy (non-hydrogen) atoms. The molecule has 1 N–H and O–H groups in total. The fraction of sp³-hybridized carbons (Fsp3) is 0.846. The van der Waals surface area contributed by atoms with Gasteiger partial charge in [0.2, 0.25) is 5.89 Å². The predicted molar refractivity (Wildman–Crippen MR) is 73.9 cm³/mol. The lowest BCUT2D eigenvalue weighted by Gasteiger charge is -2.15. The van der Waals surface area contributed by atoms with Crippen molar-refractivity contribution in [3.8, 4) is 0 Å². The second-order valence-corrected chi connectivity index (χ2v) is 4.65. The van der Waals surface area contributed by atoms with Crippen LogP contribution in [0.5, 0.6) is 0 Å². The van der Waals surface area contributed by atoms with Gasteiger partial charge in [-0.1, -0.05) is 20.3 Å². The van der Waals surface area contributed by atoms with Gasteiger partial charge in [0.25, 0.3) is 5.95 Å². The van der Waals surface area contributed by atoms with Crippen LogP contribution in [0.15, 0.2) is 4.52 Å². The molecule has 1 atom stereocenters. The second-order valence-electron chi connectivity index (χ2n) is 4.65. The Bertz CT molecular complexity index is 327. The van der Waals surface area contributed by atoms with E-state index in [9.17, 15) is 0 Å². The van der Waals surface area contributed by atoms with Gasteiger partial charge in [0.15, 0.2) is 0 Å². The maximum absolute atomic E-state index is 5.30. The number of nitrogens with one attached hydrogen (secondary N) is 1. The molecule has 1 unspecified atom stereocenters. The van der Waals surface area contributed by atoms with Gasteiger partial charge in [-0.15, -0.1) is 0 Å². The molecule has 104 valence electrons. The number of hydrogen-bond donors (Lipinski definition) is 1. The van der Waals surface area contributed by atoms with Gasteiger partial charge >= 0.3 is 0 Å². The molecule has 5 nitrogen and oxygen atoms in total. The average Bonchev–Trinajstić information content (AvgIpc) is 2.83. The van der Waals surface area contributed by atoms with Crippen LogP contribution in [0, 0.1) is 0 Å². The lowest BCUT2D eigenvalue weighted by atomic mass is 10.1. The molecule has 0 aliphatic carbocycles. The minimum Gasteiger partial charge on any atom is -0.342 e. The van der Waals surface area contributed by atoms with E-state index >= 15 is 0 Å². The van der Waals surface area contributed by atoms with Gasteiger partial charge in [-0.2, -0.15) is 4.98 Å². The van der Waals surface area contributed by atoms with Crippen LogP contribution in [0.25, 0.3) is 0 Å². The van der Waals surface area contributed by atoms with E-state index in [0.29, 0.717) is 12.0 Å². The molecular formula is C13H26N4O. The Hall–Kier alpha value is -1.10. The van der Waals surface area contributed by atoms with Crippen LogP contribution in [0.4, 0.5) is 5.95 Å². The van der Waals surface area contributed by atoms with E-state index in [1.165, 1.54) is 0 Å². The monoisotopic (exact) mass is 254 g/mol. The smallest absolute Gasteiger partial charge is 0.265 e. The van der Waals surface area contributed by atoms with Crippen molar-refractivity contribution in [2.75, 3.05) is 25.0 Å². The van der Waals surface area contributed by atoms with Crippen molar-refractivity contribution in [3.05, 3.63) is 5.89 Å². The van der Waals surface area contributed by atoms with Crippen LogP contribution in [-0.4, -0.2) is 36.3 Å². The lowest BCUT2D eigenvalue weighted by Crippen LogP contribution is -2.31. The summed E-state index contributed by atoms with van der Waals surface area (Å²) < 4.78 is 5.30. The standard InChI is InChI=1S/C13H26N4O/c1-5-8-11(14-9-6-2)10-12-15-13(16-18-12)17(4)7-3/h11,14H,5-10H2,1-4H3. The van der Waals surface area contributed by atoms with E-state index in [4.69, 9.17) is 4.52 Å². The molecule has 0 bridgehead atoms. The first-order valence-corrected chi connectivity index (χ1v) is 6.98. The molecule has 0 aliphatic heterocycles. The number of nitrogens with zero attached hydrogens (tertiary/aromatic N) is 3. The second kappa shape index (κ2) is 8.08. The Morgan fingerprint density at radius 3 is 2.67 bits per heavy atom. The summed E-state index contributed by atoms with van der Waals surface area (Å²) in [5, 5.41) is 7.52. The van der Waals surface area contributed by atoms with Crippen molar-refractivity contribution in [2.24, 2.45) is 0 Å². The third-order valence-electron chi connectivity index (χ3n) is 3.01. The van der Waals surface area contributed by atoms with Gasteiger partial charge < -0.3 is 14.7 Å². The Labute approximate surface area is 110 Å². The van der Waals surface area contributed by atoms with Gasteiger partial charge in [0.05, 0.1) is 0 Å². The largest absolute Gasteiger partial charge is 0.342 e. The fourth-order valence-electron chi connectivity index (χ4n) is 1.81. The molecule has 1 rings (SSSR count). The Kier molecular flexibility index (Phi) is 6.72. The fourth-order valence-corrected chi connectivity index (χ4v) is 1.81. The van der Waals surface area contributed by atoms with Gasteiger partial charge in [-0.25, -0.2) is 0 Å². The zero-order chi connectivity index (χ0) is 13.4. The summed E-state index contributed by atoms with van der Waals surface area (Å²) >= 11 is 0. The first kappa shape index (κ1) is 15.0. The lowest BCUT2D eigenvalue weighted by molar-refractivity contribution is 0.350. The van der Waals surface area contributed by atoms with Gasteiger partial charge in [0, 0.05) is 26.1 Å². The summed E-state index contributed by atoms with van der Waals surface area (Å²) in [6, 6.07) is 0.440. The van der Waals surface area contributed by atoms with E-state index in [-0.39, 0.29) is 0 Å². The van der Waals surface area contributed by atoms with Crippen LogP contribution < -0.4 is 10.2 Å². The van der Waals surface area contributed by atoms with Gasteiger partial charge in [0.1, 0.15) is 0 Å². The highest BCUT2D eigenvalue weighted by Gasteiger charge is 2.14. The molecule has 0 saturated carbocycles. The van der Waals surface area contributed by atoms with Crippen LogP contribution in [0.1, 0.15) is 45.9 Å². The van der Waals surface area contributed by atoms with Crippen LogP contribution in [-0.2, 0) is 6.42 Å². The molecule has 0 radical (unpaired) electrons. The minimum atomic E-state index is 0.440. The normalized spacial score (nSPS) is 12.7. The molecule has 0 aliphatic rings. The van der Waals surface area contributed by atoms with Gasteiger partial charge in [-0.3, -0.25) is 0 Å². The van der Waals surface area contributed by atoms with E-state index in [1.54, 1.807) is 0 Å². The summed E-state index contributed by atoms with van der Waals surface area (Å²) in [6.07, 6.45) is 4.27. The van der Waals surface area contributed by atoms with Crippen molar-refractivity contribution in [1.82, 2.24) is 15.5 Å². The summed E-state index contributed by atoms with van der Waals surface area (Å²) in [5.74, 6) is 1.41. The number of rotatable bonds is 9. The molecular weight excluding hydrogens is 228 g/mol. The van der Waals surface area contributed by atoms with Gasteiger partial charge in [-0.05, 0) is 31.5 Å². The first-order chi connectivity index (χ1) is 8.71. The summed E-state index contributed by atoms with van der Waals surface area (Å²) in [7, 11) is 1.97. The van der Waals surface area contributed by atoms with Crippen LogP contribution >= 0.6 is 0 Å². The van der Waals surface area contributed by atoms with Crippen molar-refractivity contribution >= 4 is 5.95 Å². The molecule has 0 fully saturated rings. The highest BCUT2D eigenvalue weighted by molar-refractivity contribution is 5.25. The third kappa shape index (κ3) is 4.64. The molecule has 5 heteroatoms. The quantitative estimate of drug-likeness (QED) is 0.732. The van der Waals surface area contributed by atoms with Crippen molar-refractivity contribution in [2.45, 2.75) is 52.5 Å².